The Morgan fingerprint density at radius 1 is 1.23 bits per heavy atom. The van der Waals surface area contributed by atoms with E-state index < -0.39 is 0 Å². The van der Waals surface area contributed by atoms with Gasteiger partial charge in [0.2, 0.25) is 0 Å². The third kappa shape index (κ3) is 4.12. The minimum atomic E-state index is 0.485. The minimum Gasteiger partial charge on any atom is -0.316 e. The van der Waals surface area contributed by atoms with Gasteiger partial charge in [-0.2, -0.15) is 0 Å². The number of nitrogens with one attached hydrogen (secondary N) is 1. The highest BCUT2D eigenvalue weighted by atomic mass is 14.9. The van der Waals surface area contributed by atoms with Gasteiger partial charge >= 0.3 is 0 Å². The Labute approximate surface area is 83.3 Å². The average Bonchev–Trinajstić information content (AvgIpc) is 2.57. The summed E-state index contributed by atoms with van der Waals surface area (Å²) in [6.45, 7) is 9.39. The molecular weight excluding hydrogens is 158 g/mol. The summed E-state index contributed by atoms with van der Waals surface area (Å²) in [7, 11) is 0. The predicted molar refractivity (Wildman–Crippen MR) is 58.9 cm³/mol. The second-order valence-electron chi connectivity index (χ2n) is 5.30. The molecule has 0 aromatic carbocycles. The van der Waals surface area contributed by atoms with E-state index in [1.807, 2.05) is 0 Å². The number of hydrogen-bond donors (Lipinski definition) is 1. The molecule has 0 saturated heterocycles. The van der Waals surface area contributed by atoms with Gasteiger partial charge in [-0.1, -0.05) is 33.6 Å². The Morgan fingerprint density at radius 2 is 1.85 bits per heavy atom. The summed E-state index contributed by atoms with van der Waals surface area (Å²) in [6.07, 6.45) is 7.11. The average molecular weight is 183 g/mol. The van der Waals surface area contributed by atoms with E-state index >= 15 is 0 Å². The van der Waals surface area contributed by atoms with E-state index in [1.165, 1.54) is 45.2 Å². The first-order chi connectivity index (χ1) is 6.14. The lowest BCUT2D eigenvalue weighted by Gasteiger charge is -2.24. The second-order valence-corrected chi connectivity index (χ2v) is 5.30. The van der Waals surface area contributed by atoms with Gasteiger partial charge in [0, 0.05) is 6.54 Å². The molecule has 1 rings (SSSR count). The molecule has 78 valence electrons. The van der Waals surface area contributed by atoms with Crippen LogP contribution in [0.25, 0.3) is 0 Å². The van der Waals surface area contributed by atoms with Crippen LogP contribution in [0, 0.1) is 11.3 Å². The van der Waals surface area contributed by atoms with Crippen LogP contribution in [0.1, 0.15) is 52.9 Å². The lowest BCUT2D eigenvalue weighted by molar-refractivity contribution is 0.316. The predicted octanol–water partition coefficient (Wildman–Crippen LogP) is 3.20. The maximum Gasteiger partial charge on any atom is 0.000253 e. The Morgan fingerprint density at radius 3 is 2.38 bits per heavy atom. The van der Waals surface area contributed by atoms with Crippen molar-refractivity contribution in [2.45, 2.75) is 52.9 Å². The van der Waals surface area contributed by atoms with Crippen LogP contribution in [0.15, 0.2) is 0 Å². The number of hydrogen-bond acceptors (Lipinski definition) is 1. The molecule has 0 atom stereocenters. The van der Waals surface area contributed by atoms with E-state index in [4.69, 9.17) is 0 Å². The molecule has 1 N–H and O–H groups in total. The van der Waals surface area contributed by atoms with Crippen LogP contribution in [0.2, 0.25) is 0 Å². The Balaban J connectivity index is 2.06. The second kappa shape index (κ2) is 4.99. The van der Waals surface area contributed by atoms with Gasteiger partial charge in [0.15, 0.2) is 0 Å². The van der Waals surface area contributed by atoms with Crippen LogP contribution in [0.5, 0.6) is 0 Å². The summed E-state index contributed by atoms with van der Waals surface area (Å²) in [5, 5.41) is 3.62. The van der Waals surface area contributed by atoms with E-state index in [2.05, 4.69) is 26.1 Å². The van der Waals surface area contributed by atoms with Gasteiger partial charge in [-0.05, 0) is 37.1 Å². The largest absolute Gasteiger partial charge is 0.316 e. The summed E-state index contributed by atoms with van der Waals surface area (Å²) in [5.74, 6) is 0.979. The topological polar surface area (TPSA) is 12.0 Å². The fraction of sp³-hybridized carbons (Fsp3) is 1.00. The van der Waals surface area contributed by atoms with Gasteiger partial charge < -0.3 is 5.32 Å². The minimum absolute atomic E-state index is 0.485. The fourth-order valence-electron chi connectivity index (χ4n) is 1.95. The first kappa shape index (κ1) is 11.0. The van der Waals surface area contributed by atoms with E-state index in [0.717, 1.165) is 5.92 Å². The summed E-state index contributed by atoms with van der Waals surface area (Å²) < 4.78 is 0. The van der Waals surface area contributed by atoms with Crippen molar-refractivity contribution in [2.75, 3.05) is 13.1 Å². The zero-order valence-electron chi connectivity index (χ0n) is 9.53. The van der Waals surface area contributed by atoms with E-state index in [9.17, 15) is 0 Å². The van der Waals surface area contributed by atoms with Gasteiger partial charge in [0.25, 0.3) is 0 Å². The van der Waals surface area contributed by atoms with Crippen LogP contribution in [0.3, 0.4) is 0 Å². The van der Waals surface area contributed by atoms with Crippen LogP contribution >= 0.6 is 0 Å². The molecule has 1 aliphatic carbocycles. The first-order valence-corrected chi connectivity index (χ1v) is 5.85. The lowest BCUT2D eigenvalue weighted by Crippen LogP contribution is -2.31. The van der Waals surface area contributed by atoms with Gasteiger partial charge in [0.05, 0.1) is 0 Å². The van der Waals surface area contributed by atoms with Gasteiger partial charge in [0.1, 0.15) is 0 Å². The van der Waals surface area contributed by atoms with Gasteiger partial charge in [-0.25, -0.2) is 0 Å². The molecule has 1 heteroatoms. The van der Waals surface area contributed by atoms with Crippen molar-refractivity contribution in [3.05, 3.63) is 0 Å². The van der Waals surface area contributed by atoms with E-state index in [1.54, 1.807) is 0 Å². The molecule has 1 saturated carbocycles. The molecular formula is C12H25N. The Kier molecular flexibility index (Phi) is 4.24. The molecule has 0 amide bonds. The molecule has 0 unspecified atom stereocenters. The van der Waals surface area contributed by atoms with Crippen molar-refractivity contribution in [1.82, 2.24) is 5.32 Å². The normalized spacial score (nSPS) is 19.6. The Bertz CT molecular complexity index is 134. The molecule has 1 nitrogen and oxygen atoms in total. The smallest absolute Gasteiger partial charge is 0.000253 e. The monoisotopic (exact) mass is 183 g/mol. The highest BCUT2D eigenvalue weighted by molar-refractivity contribution is 4.73. The van der Waals surface area contributed by atoms with Crippen molar-refractivity contribution in [3.8, 4) is 0 Å². The van der Waals surface area contributed by atoms with Crippen molar-refractivity contribution in [2.24, 2.45) is 11.3 Å². The summed E-state index contributed by atoms with van der Waals surface area (Å²) in [6, 6.07) is 0. The lowest BCUT2D eigenvalue weighted by atomic mass is 9.90. The summed E-state index contributed by atoms with van der Waals surface area (Å²) in [4.78, 5) is 0. The maximum atomic E-state index is 3.62. The van der Waals surface area contributed by atoms with Crippen molar-refractivity contribution >= 4 is 0 Å². The third-order valence-electron chi connectivity index (χ3n) is 3.47. The molecule has 0 aliphatic heterocycles. The highest BCUT2D eigenvalue weighted by Gasteiger charge is 2.17. The highest BCUT2D eigenvalue weighted by Crippen LogP contribution is 2.24. The summed E-state index contributed by atoms with van der Waals surface area (Å²) >= 11 is 0. The van der Waals surface area contributed by atoms with Crippen LogP contribution in [-0.2, 0) is 0 Å². The quantitative estimate of drug-likeness (QED) is 0.690. The van der Waals surface area contributed by atoms with E-state index in [-0.39, 0.29) is 0 Å². The number of rotatable bonds is 5. The zero-order chi connectivity index (χ0) is 9.73. The van der Waals surface area contributed by atoms with Crippen LogP contribution in [-0.4, -0.2) is 13.1 Å². The van der Waals surface area contributed by atoms with Crippen molar-refractivity contribution < 1.29 is 0 Å². The first-order valence-electron chi connectivity index (χ1n) is 5.85. The van der Waals surface area contributed by atoms with Crippen molar-refractivity contribution in [3.63, 3.8) is 0 Å². The van der Waals surface area contributed by atoms with Gasteiger partial charge in [-0.3, -0.25) is 0 Å². The molecule has 0 radical (unpaired) electrons. The SMILES string of the molecule is CCC(C)(C)CNCC1CCCC1. The summed E-state index contributed by atoms with van der Waals surface area (Å²) in [5.41, 5.74) is 0.485. The molecule has 0 spiro atoms. The molecule has 0 heterocycles. The fourth-order valence-corrected chi connectivity index (χ4v) is 1.95. The third-order valence-corrected chi connectivity index (χ3v) is 3.47. The molecule has 1 aliphatic rings. The molecule has 0 bridgehead atoms. The maximum absolute atomic E-state index is 3.62. The Hall–Kier alpha value is -0.0400. The van der Waals surface area contributed by atoms with Crippen LogP contribution in [0.4, 0.5) is 0 Å². The molecule has 13 heavy (non-hydrogen) atoms. The van der Waals surface area contributed by atoms with Crippen LogP contribution < -0.4 is 5.32 Å². The van der Waals surface area contributed by atoms with E-state index in [0.29, 0.717) is 5.41 Å². The standard InChI is InChI=1S/C12H25N/c1-4-12(2,3)10-13-9-11-7-5-6-8-11/h11,13H,4-10H2,1-3H3. The zero-order valence-corrected chi connectivity index (χ0v) is 9.53. The molecule has 0 aromatic heterocycles. The van der Waals surface area contributed by atoms with Gasteiger partial charge in [-0.15, -0.1) is 0 Å². The molecule has 0 aromatic rings. The van der Waals surface area contributed by atoms with Crippen molar-refractivity contribution in [1.29, 1.82) is 0 Å². The molecule has 1 fully saturated rings.